The van der Waals surface area contributed by atoms with E-state index in [1.807, 2.05) is 30.3 Å². The first-order valence-electron chi connectivity index (χ1n) is 10.1. The number of hydrogen-bond acceptors (Lipinski definition) is 7. The molecule has 2 heterocycles. The molecule has 158 valence electrons. The molecule has 0 aliphatic carbocycles. The van der Waals surface area contributed by atoms with Crippen LogP contribution in [0.15, 0.2) is 58.1 Å². The van der Waals surface area contributed by atoms with E-state index in [9.17, 15) is 5.21 Å². The summed E-state index contributed by atoms with van der Waals surface area (Å²) in [5.74, 6) is 2.09. The van der Waals surface area contributed by atoms with Gasteiger partial charge in [0.1, 0.15) is 28.2 Å². The Hall–Kier alpha value is -3.03. The molecule has 0 unspecified atom stereocenters. The summed E-state index contributed by atoms with van der Waals surface area (Å²) in [4.78, 5) is 2.40. The number of fused-ring (bicyclic) bond motifs is 1. The van der Waals surface area contributed by atoms with E-state index < -0.39 is 0 Å². The van der Waals surface area contributed by atoms with Crippen LogP contribution < -0.4 is 14.8 Å². The molecule has 1 N–H and O–H groups in total. The highest BCUT2D eigenvalue weighted by Gasteiger charge is 2.10. The van der Waals surface area contributed by atoms with Gasteiger partial charge in [0.25, 0.3) is 0 Å². The lowest BCUT2D eigenvalue weighted by molar-refractivity contribution is 0.0358. The third-order valence-electron chi connectivity index (χ3n) is 5.19. The van der Waals surface area contributed by atoms with Crippen LogP contribution in [-0.4, -0.2) is 56.7 Å². The summed E-state index contributed by atoms with van der Waals surface area (Å²) in [6, 6.07) is 14.8. The summed E-state index contributed by atoms with van der Waals surface area (Å²) in [5, 5.41) is 14.0. The number of morpholine rings is 1. The molecule has 2 aromatic carbocycles. The van der Waals surface area contributed by atoms with Crippen LogP contribution >= 0.6 is 0 Å². The molecule has 0 atom stereocenters. The topological polar surface area (TPSA) is 76.7 Å². The summed E-state index contributed by atoms with van der Waals surface area (Å²) in [6.07, 6.45) is 0.977. The Labute approximate surface area is 175 Å². The second-order valence-electron chi connectivity index (χ2n) is 7.14. The van der Waals surface area contributed by atoms with Gasteiger partial charge in [0, 0.05) is 42.7 Å². The van der Waals surface area contributed by atoms with E-state index in [2.05, 4.69) is 10.1 Å². The summed E-state index contributed by atoms with van der Waals surface area (Å²) in [6.45, 7) is 5.33. The van der Waals surface area contributed by atoms with Crippen molar-refractivity contribution >= 4 is 11.0 Å². The molecule has 0 saturated carbocycles. The molecule has 3 aromatic rings. The predicted molar refractivity (Wildman–Crippen MR) is 113 cm³/mol. The van der Waals surface area contributed by atoms with Crippen molar-refractivity contribution in [3.63, 3.8) is 0 Å². The fourth-order valence-electron chi connectivity index (χ4n) is 3.52. The molecule has 1 fully saturated rings. The highest BCUT2D eigenvalue weighted by molar-refractivity contribution is 5.79. The van der Waals surface area contributed by atoms with Crippen molar-refractivity contribution in [1.29, 1.82) is 0 Å². The number of benzene rings is 2. The van der Waals surface area contributed by atoms with Crippen molar-refractivity contribution in [3.05, 3.63) is 53.9 Å². The van der Waals surface area contributed by atoms with Gasteiger partial charge in [-0.1, -0.05) is 5.16 Å². The standard InChI is InChI=1S/C23H26N2O5/c1-27-19-7-8-20-21(24-26)16-22(30-23(20)15-19)17-3-5-18(6-4-17)29-12-2-9-25-10-13-28-14-11-25/h3-8,15-16,26H,2,9-14H2,1H3/b24-21+. The van der Waals surface area contributed by atoms with Crippen molar-refractivity contribution in [2.24, 2.45) is 5.16 Å². The first kappa shape index (κ1) is 20.3. The van der Waals surface area contributed by atoms with Crippen molar-refractivity contribution in [2.75, 3.05) is 46.6 Å². The summed E-state index contributed by atoms with van der Waals surface area (Å²) >= 11 is 0. The van der Waals surface area contributed by atoms with Crippen LogP contribution in [0.4, 0.5) is 0 Å². The lowest BCUT2D eigenvalue weighted by atomic mass is 10.1. The highest BCUT2D eigenvalue weighted by Crippen LogP contribution is 2.26. The smallest absolute Gasteiger partial charge is 0.140 e. The maximum absolute atomic E-state index is 9.41. The number of rotatable bonds is 7. The fraction of sp³-hybridized carbons (Fsp3) is 0.348. The quantitative estimate of drug-likeness (QED) is 0.365. The van der Waals surface area contributed by atoms with E-state index in [0.29, 0.717) is 34.4 Å². The van der Waals surface area contributed by atoms with Gasteiger partial charge in [-0.25, -0.2) is 0 Å². The Morgan fingerprint density at radius 1 is 1.03 bits per heavy atom. The Kier molecular flexibility index (Phi) is 6.51. The monoisotopic (exact) mass is 410 g/mol. The molecule has 4 rings (SSSR count). The van der Waals surface area contributed by atoms with E-state index in [-0.39, 0.29) is 0 Å². The van der Waals surface area contributed by atoms with Crippen molar-refractivity contribution in [3.8, 4) is 22.8 Å². The summed E-state index contributed by atoms with van der Waals surface area (Å²) in [7, 11) is 1.60. The van der Waals surface area contributed by atoms with Gasteiger partial charge in [0.05, 0.1) is 26.9 Å². The molecule has 0 bridgehead atoms. The van der Waals surface area contributed by atoms with Gasteiger partial charge in [-0.2, -0.15) is 0 Å². The van der Waals surface area contributed by atoms with Crippen LogP contribution in [0.5, 0.6) is 11.5 Å². The van der Waals surface area contributed by atoms with Crippen LogP contribution in [0.25, 0.3) is 22.3 Å². The van der Waals surface area contributed by atoms with Gasteiger partial charge in [-0.3, -0.25) is 4.90 Å². The van der Waals surface area contributed by atoms with Crippen LogP contribution in [0.3, 0.4) is 0 Å². The van der Waals surface area contributed by atoms with Gasteiger partial charge in [0.15, 0.2) is 0 Å². The largest absolute Gasteiger partial charge is 0.497 e. The van der Waals surface area contributed by atoms with Gasteiger partial charge < -0.3 is 23.8 Å². The summed E-state index contributed by atoms with van der Waals surface area (Å²) < 4.78 is 22.5. The number of methoxy groups -OCH3 is 1. The number of hydrogen-bond donors (Lipinski definition) is 1. The maximum atomic E-state index is 9.41. The maximum Gasteiger partial charge on any atom is 0.140 e. The third-order valence-corrected chi connectivity index (χ3v) is 5.19. The highest BCUT2D eigenvalue weighted by atomic mass is 16.5. The predicted octanol–water partition coefficient (Wildman–Crippen LogP) is 3.50. The Balaban J connectivity index is 1.43. The number of nitrogens with zero attached hydrogens (tertiary/aromatic N) is 2. The lowest BCUT2D eigenvalue weighted by Gasteiger charge is -2.26. The second-order valence-corrected chi connectivity index (χ2v) is 7.14. The fourth-order valence-corrected chi connectivity index (χ4v) is 3.52. The van der Waals surface area contributed by atoms with Gasteiger partial charge in [0.2, 0.25) is 0 Å². The zero-order valence-electron chi connectivity index (χ0n) is 17.0. The van der Waals surface area contributed by atoms with Crippen LogP contribution in [0.1, 0.15) is 6.42 Å². The minimum absolute atomic E-state index is 0.442. The van der Waals surface area contributed by atoms with Crippen LogP contribution in [-0.2, 0) is 4.74 Å². The average Bonchev–Trinajstić information content (AvgIpc) is 2.81. The molecule has 1 saturated heterocycles. The molecule has 0 amide bonds. The van der Waals surface area contributed by atoms with E-state index in [1.165, 1.54) is 0 Å². The first-order chi connectivity index (χ1) is 14.8. The molecule has 0 spiro atoms. The Morgan fingerprint density at radius 2 is 1.80 bits per heavy atom. The van der Waals surface area contributed by atoms with E-state index >= 15 is 0 Å². The molecule has 7 nitrogen and oxygen atoms in total. The summed E-state index contributed by atoms with van der Waals surface area (Å²) in [5.41, 5.74) is 1.45. The minimum Gasteiger partial charge on any atom is -0.497 e. The Bertz CT molecular complexity index is 1040. The minimum atomic E-state index is 0.442. The van der Waals surface area contributed by atoms with E-state index in [1.54, 1.807) is 25.3 Å². The lowest BCUT2D eigenvalue weighted by Crippen LogP contribution is -2.37. The zero-order chi connectivity index (χ0) is 20.8. The molecule has 0 radical (unpaired) electrons. The molecule has 1 aliphatic rings. The first-order valence-corrected chi connectivity index (χ1v) is 10.1. The van der Waals surface area contributed by atoms with Crippen molar-refractivity contribution in [2.45, 2.75) is 6.42 Å². The van der Waals surface area contributed by atoms with E-state index in [0.717, 1.165) is 50.6 Å². The second kappa shape index (κ2) is 9.65. The van der Waals surface area contributed by atoms with Crippen LogP contribution in [0.2, 0.25) is 0 Å². The van der Waals surface area contributed by atoms with Crippen molar-refractivity contribution in [1.82, 2.24) is 4.90 Å². The van der Waals surface area contributed by atoms with Gasteiger partial charge in [-0.05, 0) is 42.8 Å². The normalized spacial score (nSPS) is 15.4. The average molecular weight is 410 g/mol. The van der Waals surface area contributed by atoms with Crippen LogP contribution in [0, 0.1) is 0 Å². The van der Waals surface area contributed by atoms with Gasteiger partial charge in [-0.15, -0.1) is 0 Å². The van der Waals surface area contributed by atoms with Gasteiger partial charge >= 0.3 is 0 Å². The number of ether oxygens (including phenoxy) is 3. The van der Waals surface area contributed by atoms with Crippen molar-refractivity contribution < 1.29 is 23.8 Å². The molecule has 1 aliphatic heterocycles. The molecule has 30 heavy (non-hydrogen) atoms. The Morgan fingerprint density at radius 3 is 2.53 bits per heavy atom. The molecular formula is C23H26N2O5. The third kappa shape index (κ3) is 4.75. The molecule has 1 aromatic heterocycles. The van der Waals surface area contributed by atoms with E-state index in [4.69, 9.17) is 18.6 Å². The molecule has 7 heteroatoms. The zero-order valence-corrected chi connectivity index (χ0v) is 17.0. The molecular weight excluding hydrogens is 384 g/mol. The SMILES string of the molecule is COc1ccc2/c(=N/O)cc(-c3ccc(OCCCN4CCOCC4)cc3)oc2c1.